The van der Waals surface area contributed by atoms with E-state index in [-0.39, 0.29) is 11.9 Å². The van der Waals surface area contributed by atoms with Crippen molar-refractivity contribution in [1.82, 2.24) is 19.8 Å². The largest absolute Gasteiger partial charge is 0.481 e. The van der Waals surface area contributed by atoms with Crippen LogP contribution in [-0.4, -0.2) is 69.5 Å². The Kier molecular flexibility index (Phi) is 3.98. The standard InChI is InChI=1S/C18H24N4O3/c1-21-7-2-5-18(17(24)25)6-8-22(11-14(18)21)16(23)13-9-19-15(20-10-13)12-3-4-12/h9-10,12,14H,2-8,11H2,1H3,(H,24,25)/t14-,18+/m1/s1. The average Bonchev–Trinajstić information content (AvgIpc) is 3.46. The van der Waals surface area contributed by atoms with E-state index in [9.17, 15) is 14.7 Å². The van der Waals surface area contributed by atoms with Crippen LogP contribution in [0.5, 0.6) is 0 Å². The topological polar surface area (TPSA) is 86.6 Å². The van der Waals surface area contributed by atoms with Crippen molar-refractivity contribution in [2.24, 2.45) is 5.41 Å². The zero-order chi connectivity index (χ0) is 17.6. The summed E-state index contributed by atoms with van der Waals surface area (Å²) in [5.41, 5.74) is -0.235. The Morgan fingerprint density at radius 3 is 2.56 bits per heavy atom. The number of hydrogen-bond donors (Lipinski definition) is 1. The predicted molar refractivity (Wildman–Crippen MR) is 90.2 cm³/mol. The van der Waals surface area contributed by atoms with Gasteiger partial charge in [-0.05, 0) is 45.7 Å². The van der Waals surface area contributed by atoms with Crippen molar-refractivity contribution in [2.75, 3.05) is 26.7 Å². The van der Waals surface area contributed by atoms with Crippen LogP contribution in [0.4, 0.5) is 0 Å². The number of aliphatic carboxylic acids is 1. The lowest BCUT2D eigenvalue weighted by molar-refractivity contribution is -0.161. The number of amides is 1. The molecule has 1 amide bonds. The normalized spacial score (nSPS) is 30.0. The van der Waals surface area contributed by atoms with E-state index in [0.717, 1.165) is 31.6 Å². The first-order chi connectivity index (χ1) is 12.0. The molecule has 7 nitrogen and oxygen atoms in total. The van der Waals surface area contributed by atoms with Gasteiger partial charge in [0.2, 0.25) is 0 Å². The summed E-state index contributed by atoms with van der Waals surface area (Å²) in [6, 6.07) is -0.136. The fourth-order valence-corrected chi connectivity index (χ4v) is 4.35. The average molecular weight is 344 g/mol. The number of fused-ring (bicyclic) bond motifs is 1. The Morgan fingerprint density at radius 1 is 1.20 bits per heavy atom. The van der Waals surface area contributed by atoms with Crippen LogP contribution in [0.2, 0.25) is 0 Å². The van der Waals surface area contributed by atoms with Gasteiger partial charge in [-0.2, -0.15) is 0 Å². The fraction of sp³-hybridized carbons (Fsp3) is 0.667. The molecule has 0 radical (unpaired) electrons. The number of piperidine rings is 2. The molecule has 2 saturated heterocycles. The Bertz CT molecular complexity index is 688. The number of nitrogens with zero attached hydrogens (tertiary/aromatic N) is 4. The molecule has 1 saturated carbocycles. The van der Waals surface area contributed by atoms with Gasteiger partial charge in [-0.3, -0.25) is 9.59 Å². The number of likely N-dealkylation sites (N-methyl/N-ethyl adjacent to an activating group) is 1. The lowest BCUT2D eigenvalue weighted by atomic mass is 9.68. The summed E-state index contributed by atoms with van der Waals surface area (Å²) >= 11 is 0. The quantitative estimate of drug-likeness (QED) is 0.891. The Labute approximate surface area is 147 Å². The SMILES string of the molecule is CN1CCC[C@]2(C(=O)O)CCN(C(=O)c3cnc(C4CC4)nc3)C[C@@H]12. The molecule has 134 valence electrons. The second kappa shape index (κ2) is 6.05. The zero-order valence-corrected chi connectivity index (χ0v) is 14.5. The minimum absolute atomic E-state index is 0.0969. The van der Waals surface area contributed by atoms with Crippen molar-refractivity contribution >= 4 is 11.9 Å². The maximum atomic E-state index is 12.8. The van der Waals surface area contributed by atoms with E-state index < -0.39 is 11.4 Å². The van der Waals surface area contributed by atoms with Gasteiger partial charge in [0.25, 0.3) is 5.91 Å². The number of carbonyl (C=O) groups is 2. The van der Waals surface area contributed by atoms with E-state index in [0.29, 0.717) is 37.4 Å². The van der Waals surface area contributed by atoms with Crippen molar-refractivity contribution in [2.45, 2.75) is 44.1 Å². The van der Waals surface area contributed by atoms with E-state index in [4.69, 9.17) is 0 Å². The summed E-state index contributed by atoms with van der Waals surface area (Å²) in [5, 5.41) is 9.82. The van der Waals surface area contributed by atoms with Crippen LogP contribution < -0.4 is 0 Å². The smallest absolute Gasteiger partial charge is 0.311 e. The molecule has 1 aliphatic carbocycles. The van der Waals surface area contributed by atoms with Crippen LogP contribution in [0.3, 0.4) is 0 Å². The number of carboxylic acid groups (broad SMARTS) is 1. The molecule has 0 unspecified atom stereocenters. The molecular weight excluding hydrogens is 320 g/mol. The number of rotatable bonds is 3. The van der Waals surface area contributed by atoms with Crippen molar-refractivity contribution in [1.29, 1.82) is 0 Å². The van der Waals surface area contributed by atoms with Crippen molar-refractivity contribution in [3.8, 4) is 0 Å². The molecule has 0 aromatic carbocycles. The number of carbonyl (C=O) groups excluding carboxylic acids is 1. The third kappa shape index (κ3) is 2.80. The number of hydrogen-bond acceptors (Lipinski definition) is 5. The number of aromatic nitrogens is 2. The summed E-state index contributed by atoms with van der Waals surface area (Å²) in [5.74, 6) is 0.465. The molecule has 25 heavy (non-hydrogen) atoms. The predicted octanol–water partition coefficient (Wildman–Crippen LogP) is 1.37. The molecule has 2 aliphatic heterocycles. The van der Waals surface area contributed by atoms with Gasteiger partial charge in [0.05, 0.1) is 11.0 Å². The third-order valence-corrected chi connectivity index (χ3v) is 6.10. The highest BCUT2D eigenvalue weighted by Gasteiger charge is 2.52. The van der Waals surface area contributed by atoms with E-state index in [1.54, 1.807) is 17.3 Å². The van der Waals surface area contributed by atoms with Crippen molar-refractivity contribution in [3.63, 3.8) is 0 Å². The molecular formula is C18H24N4O3. The fourth-order valence-electron chi connectivity index (χ4n) is 4.35. The lowest BCUT2D eigenvalue weighted by Gasteiger charge is -2.51. The minimum Gasteiger partial charge on any atom is -0.481 e. The molecule has 0 spiro atoms. The van der Waals surface area contributed by atoms with Crippen LogP contribution in [-0.2, 0) is 4.79 Å². The minimum atomic E-state index is -0.728. The molecule has 3 heterocycles. The summed E-state index contributed by atoms with van der Waals surface area (Å²) in [6.07, 6.45) is 7.58. The van der Waals surface area contributed by atoms with E-state index >= 15 is 0 Å². The molecule has 2 atom stereocenters. The molecule has 3 aliphatic rings. The molecule has 7 heteroatoms. The highest BCUT2D eigenvalue weighted by Crippen LogP contribution is 2.42. The van der Waals surface area contributed by atoms with Crippen molar-refractivity contribution in [3.05, 3.63) is 23.8 Å². The summed E-state index contributed by atoms with van der Waals surface area (Å²) < 4.78 is 0. The number of carboxylic acids is 1. The molecule has 3 fully saturated rings. The highest BCUT2D eigenvalue weighted by atomic mass is 16.4. The third-order valence-electron chi connectivity index (χ3n) is 6.10. The van der Waals surface area contributed by atoms with Gasteiger partial charge < -0.3 is 14.9 Å². The van der Waals surface area contributed by atoms with Gasteiger partial charge in [0, 0.05) is 37.4 Å². The van der Waals surface area contributed by atoms with Crippen molar-refractivity contribution < 1.29 is 14.7 Å². The summed E-state index contributed by atoms with van der Waals surface area (Å²) in [4.78, 5) is 37.3. The van der Waals surface area contributed by atoms with Crippen LogP contribution in [0.25, 0.3) is 0 Å². The number of likely N-dealkylation sites (tertiary alicyclic amines) is 2. The van der Waals surface area contributed by atoms with Crippen LogP contribution in [0.15, 0.2) is 12.4 Å². The first-order valence-electron chi connectivity index (χ1n) is 9.06. The van der Waals surface area contributed by atoms with Gasteiger partial charge in [0.15, 0.2) is 0 Å². The Balaban J connectivity index is 1.52. The van der Waals surface area contributed by atoms with Gasteiger partial charge >= 0.3 is 5.97 Å². The van der Waals surface area contributed by atoms with Crippen LogP contribution in [0, 0.1) is 5.41 Å². The maximum absolute atomic E-state index is 12.8. The summed E-state index contributed by atoms with van der Waals surface area (Å²) in [7, 11) is 1.96. The Morgan fingerprint density at radius 2 is 1.92 bits per heavy atom. The highest BCUT2D eigenvalue weighted by molar-refractivity contribution is 5.94. The summed E-state index contributed by atoms with van der Waals surface area (Å²) in [6.45, 7) is 1.80. The van der Waals surface area contributed by atoms with E-state index in [1.165, 1.54) is 0 Å². The molecule has 1 aromatic rings. The first-order valence-corrected chi connectivity index (χ1v) is 9.06. The van der Waals surface area contributed by atoms with Gasteiger partial charge in [-0.1, -0.05) is 0 Å². The van der Waals surface area contributed by atoms with Gasteiger partial charge in [-0.15, -0.1) is 0 Å². The lowest BCUT2D eigenvalue weighted by Crippen LogP contribution is -2.63. The molecule has 1 aromatic heterocycles. The van der Waals surface area contributed by atoms with E-state index in [1.807, 2.05) is 7.05 Å². The Hall–Kier alpha value is -2.02. The molecule has 0 bridgehead atoms. The second-order valence-electron chi connectivity index (χ2n) is 7.67. The van der Waals surface area contributed by atoms with Crippen LogP contribution in [0.1, 0.15) is 54.2 Å². The maximum Gasteiger partial charge on any atom is 0.311 e. The van der Waals surface area contributed by atoms with E-state index in [2.05, 4.69) is 14.9 Å². The molecule has 1 N–H and O–H groups in total. The van der Waals surface area contributed by atoms with Gasteiger partial charge in [-0.25, -0.2) is 9.97 Å². The van der Waals surface area contributed by atoms with Gasteiger partial charge in [0.1, 0.15) is 5.82 Å². The first kappa shape index (κ1) is 16.4. The zero-order valence-electron chi connectivity index (χ0n) is 14.5. The molecule has 4 rings (SSSR count). The van der Waals surface area contributed by atoms with Crippen LogP contribution >= 0.6 is 0 Å². The monoisotopic (exact) mass is 344 g/mol. The second-order valence-corrected chi connectivity index (χ2v) is 7.67.